The molecular weight excluding hydrogens is 272 g/mol. The molecule has 1 rings (SSSR count). The summed E-state index contributed by atoms with van der Waals surface area (Å²) < 4.78 is 0. The third-order valence-corrected chi connectivity index (χ3v) is 3.19. The van der Waals surface area contributed by atoms with Crippen LogP contribution in [0.1, 0.15) is 37.3 Å². The summed E-state index contributed by atoms with van der Waals surface area (Å²) in [4.78, 5) is 22.9. The summed E-state index contributed by atoms with van der Waals surface area (Å²) in [5, 5.41) is 22.8. The van der Waals surface area contributed by atoms with Crippen LogP contribution in [-0.2, 0) is 4.79 Å². The molecule has 0 aliphatic rings. The van der Waals surface area contributed by atoms with E-state index in [1.165, 1.54) is 0 Å². The number of aliphatic hydroxyl groups is 1. The number of benzene rings is 1. The number of aliphatic carboxylic acids is 1. The van der Waals surface area contributed by atoms with E-state index < -0.39 is 18.0 Å². The van der Waals surface area contributed by atoms with Crippen molar-refractivity contribution in [3.8, 4) is 0 Å². The molecule has 0 fully saturated rings. The van der Waals surface area contributed by atoms with Crippen LogP contribution >= 0.6 is 0 Å². The number of carbonyl (C=O) groups is 2. The third kappa shape index (κ3) is 4.75. The number of carboxylic acid groups (broad SMARTS) is 1. The molecule has 21 heavy (non-hydrogen) atoms. The summed E-state index contributed by atoms with van der Waals surface area (Å²) in [5.74, 6) is -0.944. The van der Waals surface area contributed by atoms with Gasteiger partial charge in [0.05, 0.1) is 0 Å². The molecule has 0 spiro atoms. The van der Waals surface area contributed by atoms with Crippen LogP contribution in [0.4, 0.5) is 10.5 Å². The average molecular weight is 294 g/mol. The van der Waals surface area contributed by atoms with Gasteiger partial charge >= 0.3 is 12.0 Å². The highest BCUT2D eigenvalue weighted by Gasteiger charge is 2.20. The van der Waals surface area contributed by atoms with E-state index in [-0.39, 0.29) is 18.9 Å². The van der Waals surface area contributed by atoms with Gasteiger partial charge in [0.15, 0.2) is 0 Å². The first-order valence-electron chi connectivity index (χ1n) is 6.87. The quantitative estimate of drug-likeness (QED) is 0.645. The molecule has 0 saturated carbocycles. The molecule has 0 aromatic heterocycles. The minimum absolute atomic E-state index is 0.0342. The maximum Gasteiger partial charge on any atom is 0.326 e. The van der Waals surface area contributed by atoms with Crippen LogP contribution in [-0.4, -0.2) is 34.9 Å². The molecule has 0 bridgehead atoms. The zero-order chi connectivity index (χ0) is 16.0. The number of amides is 2. The SMILES string of the molecule is Cc1cccc(C(C)C)c1NC(=O)N[C@@H](CCO)C(=O)O. The van der Waals surface area contributed by atoms with Gasteiger partial charge in [0, 0.05) is 18.7 Å². The fourth-order valence-electron chi connectivity index (χ4n) is 2.04. The van der Waals surface area contributed by atoms with Crippen LogP contribution in [0.2, 0.25) is 0 Å². The van der Waals surface area contributed by atoms with Gasteiger partial charge in [-0.3, -0.25) is 0 Å². The number of hydrogen-bond acceptors (Lipinski definition) is 3. The molecule has 6 heteroatoms. The fourth-order valence-corrected chi connectivity index (χ4v) is 2.04. The number of aryl methyl sites for hydroxylation is 1. The van der Waals surface area contributed by atoms with E-state index in [2.05, 4.69) is 10.6 Å². The largest absolute Gasteiger partial charge is 0.480 e. The highest BCUT2D eigenvalue weighted by Crippen LogP contribution is 2.27. The molecule has 1 atom stereocenters. The summed E-state index contributed by atoms with van der Waals surface area (Å²) in [6.45, 7) is 5.61. The smallest absolute Gasteiger partial charge is 0.326 e. The van der Waals surface area contributed by atoms with Crippen molar-refractivity contribution in [3.05, 3.63) is 29.3 Å². The summed E-state index contributed by atoms with van der Waals surface area (Å²) in [7, 11) is 0. The molecule has 0 unspecified atom stereocenters. The number of anilines is 1. The highest BCUT2D eigenvalue weighted by molar-refractivity contribution is 5.93. The average Bonchev–Trinajstić information content (AvgIpc) is 2.40. The Bertz CT molecular complexity index is 514. The van der Waals surface area contributed by atoms with Gasteiger partial charge in [-0.25, -0.2) is 9.59 Å². The molecule has 0 saturated heterocycles. The second-order valence-corrected chi connectivity index (χ2v) is 5.20. The van der Waals surface area contributed by atoms with Gasteiger partial charge < -0.3 is 20.8 Å². The lowest BCUT2D eigenvalue weighted by atomic mass is 9.98. The number of hydrogen-bond donors (Lipinski definition) is 4. The van der Waals surface area contributed by atoms with Crippen molar-refractivity contribution < 1.29 is 19.8 Å². The molecule has 2 amide bonds. The summed E-state index contributed by atoms with van der Waals surface area (Å²) in [5.41, 5.74) is 2.59. The number of para-hydroxylation sites is 1. The number of rotatable bonds is 6. The van der Waals surface area contributed by atoms with E-state index in [0.29, 0.717) is 5.69 Å². The Balaban J connectivity index is 2.86. The summed E-state index contributed by atoms with van der Waals surface area (Å²) in [6, 6.07) is 4.02. The molecule has 116 valence electrons. The lowest BCUT2D eigenvalue weighted by molar-refractivity contribution is -0.139. The van der Waals surface area contributed by atoms with Crippen LogP contribution < -0.4 is 10.6 Å². The maximum atomic E-state index is 12.0. The monoisotopic (exact) mass is 294 g/mol. The number of urea groups is 1. The highest BCUT2D eigenvalue weighted by atomic mass is 16.4. The standard InChI is InChI=1S/C15H22N2O4/c1-9(2)11-6-4-5-10(3)13(11)17-15(21)16-12(7-8-18)14(19)20/h4-6,9,12,18H,7-8H2,1-3H3,(H,19,20)(H2,16,17,21)/t12-/m0/s1. The molecule has 0 heterocycles. The van der Waals surface area contributed by atoms with E-state index in [1.807, 2.05) is 39.0 Å². The van der Waals surface area contributed by atoms with Gasteiger partial charge in [-0.15, -0.1) is 0 Å². The normalized spacial score (nSPS) is 12.0. The van der Waals surface area contributed by atoms with Crippen molar-refractivity contribution in [3.63, 3.8) is 0 Å². The molecule has 0 aliphatic heterocycles. The van der Waals surface area contributed by atoms with Crippen molar-refractivity contribution in [2.45, 2.75) is 39.2 Å². The Morgan fingerprint density at radius 3 is 2.48 bits per heavy atom. The summed E-state index contributed by atoms with van der Waals surface area (Å²) in [6.07, 6.45) is -0.0342. The van der Waals surface area contributed by atoms with E-state index >= 15 is 0 Å². The van der Waals surface area contributed by atoms with Crippen molar-refractivity contribution in [1.82, 2.24) is 5.32 Å². The first-order valence-corrected chi connectivity index (χ1v) is 6.87. The molecule has 0 aliphatic carbocycles. The topological polar surface area (TPSA) is 98.7 Å². The number of nitrogens with one attached hydrogen (secondary N) is 2. The number of carbonyl (C=O) groups excluding carboxylic acids is 1. The summed E-state index contributed by atoms with van der Waals surface area (Å²) >= 11 is 0. The van der Waals surface area contributed by atoms with Crippen LogP contribution in [0.15, 0.2) is 18.2 Å². The van der Waals surface area contributed by atoms with E-state index in [1.54, 1.807) is 0 Å². The third-order valence-electron chi connectivity index (χ3n) is 3.19. The van der Waals surface area contributed by atoms with Crippen LogP contribution in [0.5, 0.6) is 0 Å². The second-order valence-electron chi connectivity index (χ2n) is 5.20. The zero-order valence-corrected chi connectivity index (χ0v) is 12.5. The minimum atomic E-state index is -1.17. The Morgan fingerprint density at radius 1 is 1.29 bits per heavy atom. The van der Waals surface area contributed by atoms with Crippen LogP contribution in [0, 0.1) is 6.92 Å². The van der Waals surface area contributed by atoms with E-state index in [4.69, 9.17) is 10.2 Å². The molecule has 1 aromatic carbocycles. The second kappa shape index (κ2) is 7.64. The lowest BCUT2D eigenvalue weighted by Crippen LogP contribution is -2.43. The van der Waals surface area contributed by atoms with Gasteiger partial charge in [-0.1, -0.05) is 32.0 Å². The van der Waals surface area contributed by atoms with E-state index in [9.17, 15) is 9.59 Å². The van der Waals surface area contributed by atoms with Gasteiger partial charge in [-0.2, -0.15) is 0 Å². The molecule has 6 nitrogen and oxygen atoms in total. The lowest BCUT2D eigenvalue weighted by Gasteiger charge is -2.18. The molecular formula is C15H22N2O4. The molecule has 0 radical (unpaired) electrons. The minimum Gasteiger partial charge on any atom is -0.480 e. The Hall–Kier alpha value is -2.08. The number of carboxylic acids is 1. The Labute approximate surface area is 124 Å². The van der Waals surface area contributed by atoms with Crippen molar-refractivity contribution in [1.29, 1.82) is 0 Å². The van der Waals surface area contributed by atoms with Crippen molar-refractivity contribution >= 4 is 17.7 Å². The zero-order valence-electron chi connectivity index (χ0n) is 12.5. The molecule has 4 N–H and O–H groups in total. The van der Waals surface area contributed by atoms with Gasteiger partial charge in [0.25, 0.3) is 0 Å². The molecule has 1 aromatic rings. The number of aliphatic hydroxyl groups excluding tert-OH is 1. The van der Waals surface area contributed by atoms with Crippen LogP contribution in [0.3, 0.4) is 0 Å². The van der Waals surface area contributed by atoms with Gasteiger partial charge in [-0.05, 0) is 24.0 Å². The maximum absolute atomic E-state index is 12.0. The first-order chi connectivity index (χ1) is 9.86. The predicted octanol–water partition coefficient (Wildman–Crippen LogP) is 2.08. The Morgan fingerprint density at radius 2 is 1.95 bits per heavy atom. The predicted molar refractivity (Wildman–Crippen MR) is 80.5 cm³/mol. The fraction of sp³-hybridized carbons (Fsp3) is 0.467. The van der Waals surface area contributed by atoms with Crippen molar-refractivity contribution in [2.24, 2.45) is 0 Å². The van der Waals surface area contributed by atoms with E-state index in [0.717, 1.165) is 11.1 Å². The first kappa shape index (κ1) is 17.0. The van der Waals surface area contributed by atoms with Gasteiger partial charge in [0.2, 0.25) is 0 Å². The van der Waals surface area contributed by atoms with Crippen LogP contribution in [0.25, 0.3) is 0 Å². The van der Waals surface area contributed by atoms with Crippen molar-refractivity contribution in [2.75, 3.05) is 11.9 Å². The van der Waals surface area contributed by atoms with Gasteiger partial charge in [0.1, 0.15) is 6.04 Å². The Kier molecular flexibility index (Phi) is 6.17.